The quantitative estimate of drug-likeness (QED) is 0.902. The summed E-state index contributed by atoms with van der Waals surface area (Å²) in [5.74, 6) is -0.484. The number of benzene rings is 2. The summed E-state index contributed by atoms with van der Waals surface area (Å²) in [6.07, 6.45) is 0.191. The van der Waals surface area contributed by atoms with Gasteiger partial charge in [-0.1, -0.05) is 0 Å². The molecule has 0 bridgehead atoms. The van der Waals surface area contributed by atoms with Gasteiger partial charge in [-0.05, 0) is 48.5 Å². The van der Waals surface area contributed by atoms with Crippen molar-refractivity contribution in [2.24, 2.45) is 0 Å². The summed E-state index contributed by atoms with van der Waals surface area (Å²) in [6, 6.07) is 13.4. The van der Waals surface area contributed by atoms with E-state index in [2.05, 4.69) is 10.6 Å². The van der Waals surface area contributed by atoms with E-state index in [1.165, 1.54) is 24.3 Å². The van der Waals surface area contributed by atoms with Crippen molar-refractivity contribution in [2.45, 2.75) is 12.5 Å². The Bertz CT molecular complexity index is 828. The molecule has 3 rings (SSSR count). The van der Waals surface area contributed by atoms with Gasteiger partial charge in [-0.3, -0.25) is 4.79 Å². The van der Waals surface area contributed by atoms with Gasteiger partial charge in [0.15, 0.2) is 0 Å². The zero-order valence-corrected chi connectivity index (χ0v) is 13.2. The van der Waals surface area contributed by atoms with Gasteiger partial charge in [-0.25, -0.2) is 9.18 Å². The number of halogens is 1. The molecule has 1 aliphatic heterocycles. The molecule has 0 aromatic heterocycles. The first-order valence-corrected chi connectivity index (χ1v) is 7.69. The summed E-state index contributed by atoms with van der Waals surface area (Å²) in [7, 11) is 0. The summed E-state index contributed by atoms with van der Waals surface area (Å²) in [4.78, 5) is 25.7. The van der Waals surface area contributed by atoms with E-state index in [1.54, 1.807) is 29.2 Å². The molecule has 0 saturated carbocycles. The van der Waals surface area contributed by atoms with Gasteiger partial charge < -0.3 is 15.5 Å². The van der Waals surface area contributed by atoms with Crippen molar-refractivity contribution in [1.29, 1.82) is 5.26 Å². The Morgan fingerprint density at radius 2 is 1.84 bits per heavy atom. The average molecular weight is 338 g/mol. The Kier molecular flexibility index (Phi) is 4.61. The molecular weight excluding hydrogens is 323 g/mol. The van der Waals surface area contributed by atoms with Gasteiger partial charge in [0.1, 0.15) is 5.82 Å². The number of nitriles is 1. The van der Waals surface area contributed by atoms with Crippen molar-refractivity contribution in [3.63, 3.8) is 0 Å². The van der Waals surface area contributed by atoms with Gasteiger partial charge in [0, 0.05) is 24.3 Å². The van der Waals surface area contributed by atoms with Crippen LogP contribution >= 0.6 is 0 Å². The predicted molar refractivity (Wildman–Crippen MR) is 90.5 cm³/mol. The monoisotopic (exact) mass is 338 g/mol. The molecule has 0 aliphatic carbocycles. The first-order chi connectivity index (χ1) is 12.0. The van der Waals surface area contributed by atoms with Gasteiger partial charge in [-0.2, -0.15) is 5.26 Å². The van der Waals surface area contributed by atoms with E-state index in [4.69, 9.17) is 5.26 Å². The molecule has 1 saturated heterocycles. The zero-order chi connectivity index (χ0) is 17.8. The van der Waals surface area contributed by atoms with Gasteiger partial charge >= 0.3 is 6.03 Å². The summed E-state index contributed by atoms with van der Waals surface area (Å²) < 4.78 is 12.9. The second kappa shape index (κ2) is 7.01. The van der Waals surface area contributed by atoms with Crippen molar-refractivity contribution in [3.8, 4) is 6.07 Å². The average Bonchev–Trinajstić information content (AvgIpc) is 2.97. The molecular formula is C18H15FN4O2. The van der Waals surface area contributed by atoms with Gasteiger partial charge in [0.25, 0.3) is 0 Å². The van der Waals surface area contributed by atoms with Crippen LogP contribution in [0.1, 0.15) is 12.0 Å². The minimum absolute atomic E-state index is 0.100. The number of anilines is 2. The van der Waals surface area contributed by atoms with E-state index in [1.807, 2.05) is 6.07 Å². The number of carbonyl (C=O) groups is 2. The third-order valence-corrected chi connectivity index (χ3v) is 3.87. The maximum absolute atomic E-state index is 12.9. The minimum Gasteiger partial charge on any atom is -0.333 e. The van der Waals surface area contributed by atoms with Crippen LogP contribution in [0.15, 0.2) is 48.5 Å². The fourth-order valence-corrected chi connectivity index (χ4v) is 2.66. The molecule has 1 fully saturated rings. The highest BCUT2D eigenvalue weighted by Gasteiger charge is 2.31. The Balaban J connectivity index is 1.59. The molecule has 1 heterocycles. The Morgan fingerprint density at radius 3 is 2.48 bits per heavy atom. The number of urea groups is 1. The highest BCUT2D eigenvalue weighted by atomic mass is 19.1. The number of hydrogen-bond donors (Lipinski definition) is 2. The van der Waals surface area contributed by atoms with Gasteiger partial charge in [-0.15, -0.1) is 0 Å². The van der Waals surface area contributed by atoms with E-state index < -0.39 is 6.03 Å². The van der Waals surface area contributed by atoms with Crippen LogP contribution in [0.25, 0.3) is 0 Å². The Morgan fingerprint density at radius 1 is 1.16 bits per heavy atom. The van der Waals surface area contributed by atoms with Crippen molar-refractivity contribution in [1.82, 2.24) is 5.32 Å². The molecule has 0 spiro atoms. The molecule has 3 amide bonds. The smallest absolute Gasteiger partial charge is 0.319 e. The Labute approximate surface area is 143 Å². The fourth-order valence-electron chi connectivity index (χ4n) is 2.66. The molecule has 2 aromatic rings. The predicted octanol–water partition coefficient (Wildman–Crippen LogP) is 2.62. The minimum atomic E-state index is -0.453. The molecule has 25 heavy (non-hydrogen) atoms. The maximum Gasteiger partial charge on any atom is 0.319 e. The van der Waals surface area contributed by atoms with Crippen LogP contribution in [-0.2, 0) is 4.79 Å². The van der Waals surface area contributed by atoms with E-state index in [0.29, 0.717) is 23.5 Å². The lowest BCUT2D eigenvalue weighted by atomic mass is 10.2. The van der Waals surface area contributed by atoms with Crippen LogP contribution in [-0.4, -0.2) is 24.5 Å². The van der Waals surface area contributed by atoms with E-state index >= 15 is 0 Å². The molecule has 7 heteroatoms. The molecule has 2 N–H and O–H groups in total. The summed E-state index contributed by atoms with van der Waals surface area (Å²) in [5.41, 5.74) is 1.67. The number of nitrogens with zero attached hydrogens (tertiary/aromatic N) is 2. The van der Waals surface area contributed by atoms with Crippen molar-refractivity contribution < 1.29 is 14.0 Å². The van der Waals surface area contributed by atoms with E-state index in [-0.39, 0.29) is 24.2 Å². The van der Waals surface area contributed by atoms with E-state index in [0.717, 1.165) is 0 Å². The molecule has 126 valence electrons. The summed E-state index contributed by atoms with van der Waals surface area (Å²) >= 11 is 0. The van der Waals surface area contributed by atoms with Crippen molar-refractivity contribution in [2.75, 3.05) is 16.8 Å². The largest absolute Gasteiger partial charge is 0.333 e. The topological polar surface area (TPSA) is 85.2 Å². The second-order valence-corrected chi connectivity index (χ2v) is 5.67. The van der Waals surface area contributed by atoms with Crippen LogP contribution in [0.4, 0.5) is 20.6 Å². The van der Waals surface area contributed by atoms with E-state index in [9.17, 15) is 14.0 Å². The third-order valence-electron chi connectivity index (χ3n) is 3.87. The van der Waals surface area contributed by atoms with Crippen LogP contribution < -0.4 is 15.5 Å². The zero-order valence-electron chi connectivity index (χ0n) is 13.2. The normalized spacial score (nSPS) is 16.4. The Hall–Kier alpha value is -3.40. The first kappa shape index (κ1) is 16.5. The van der Waals surface area contributed by atoms with Crippen LogP contribution in [0, 0.1) is 17.1 Å². The number of carbonyl (C=O) groups excluding carboxylic acids is 2. The lowest BCUT2D eigenvalue weighted by molar-refractivity contribution is -0.117. The molecule has 2 aromatic carbocycles. The second-order valence-electron chi connectivity index (χ2n) is 5.67. The summed E-state index contributed by atoms with van der Waals surface area (Å²) in [5, 5.41) is 14.2. The number of rotatable bonds is 3. The molecule has 6 nitrogen and oxygen atoms in total. The summed E-state index contributed by atoms with van der Waals surface area (Å²) in [6.45, 7) is 0.349. The molecule has 1 aliphatic rings. The maximum atomic E-state index is 12.9. The highest BCUT2D eigenvalue weighted by molar-refractivity contribution is 5.97. The van der Waals surface area contributed by atoms with Crippen LogP contribution in [0.3, 0.4) is 0 Å². The third kappa shape index (κ3) is 3.93. The standard InChI is InChI=1S/C18H15FN4O2/c19-13-3-5-14(6-4-13)21-18(25)22-15-9-17(24)23(11-15)16-7-1-12(10-20)2-8-16/h1-8,15H,9,11H2,(H2,21,22,25). The van der Waals surface area contributed by atoms with Gasteiger partial charge in [0.2, 0.25) is 5.91 Å². The lowest BCUT2D eigenvalue weighted by Gasteiger charge is -2.17. The SMILES string of the molecule is N#Cc1ccc(N2CC(NC(=O)Nc3ccc(F)cc3)CC2=O)cc1. The number of nitrogens with one attached hydrogen (secondary N) is 2. The molecule has 0 radical (unpaired) electrons. The molecule has 1 atom stereocenters. The van der Waals surface area contributed by atoms with Gasteiger partial charge in [0.05, 0.1) is 17.7 Å². The number of amides is 3. The highest BCUT2D eigenvalue weighted by Crippen LogP contribution is 2.22. The van der Waals surface area contributed by atoms with Crippen LogP contribution in [0.5, 0.6) is 0 Å². The molecule has 1 unspecified atom stereocenters. The van der Waals surface area contributed by atoms with Crippen molar-refractivity contribution in [3.05, 3.63) is 59.9 Å². The fraction of sp³-hybridized carbons (Fsp3) is 0.167. The first-order valence-electron chi connectivity index (χ1n) is 7.69. The lowest BCUT2D eigenvalue weighted by Crippen LogP contribution is -2.39. The van der Waals surface area contributed by atoms with Crippen molar-refractivity contribution >= 4 is 23.3 Å². The number of hydrogen-bond acceptors (Lipinski definition) is 3. The van der Waals surface area contributed by atoms with Crippen LogP contribution in [0.2, 0.25) is 0 Å².